The van der Waals surface area contributed by atoms with Crippen LogP contribution in [0.15, 0.2) is 67.0 Å². The fourth-order valence-electron chi connectivity index (χ4n) is 2.97. The van der Waals surface area contributed by atoms with Crippen LogP contribution in [0.1, 0.15) is 26.3 Å². The Kier molecular flexibility index (Phi) is 5.45. The molecule has 0 bridgehead atoms. The number of H-pyrrole nitrogens is 1. The Hall–Kier alpha value is -3.71. The number of pyridine rings is 1. The molecule has 0 saturated heterocycles. The van der Waals surface area contributed by atoms with Crippen molar-refractivity contribution in [3.63, 3.8) is 0 Å². The van der Waals surface area contributed by atoms with Gasteiger partial charge in [-0.1, -0.05) is 29.8 Å². The topological polar surface area (TPSA) is 86.9 Å². The van der Waals surface area contributed by atoms with E-state index in [-0.39, 0.29) is 24.2 Å². The Balaban J connectivity index is 1.51. The van der Waals surface area contributed by atoms with E-state index >= 15 is 0 Å². The molecular formula is C22H16ClFN4O2. The number of fused-ring (bicyclic) bond motifs is 1. The number of aromatic nitrogens is 2. The van der Waals surface area contributed by atoms with E-state index in [1.807, 2.05) is 0 Å². The molecule has 2 amide bonds. The number of nitrogens with one attached hydrogen (secondary N) is 3. The van der Waals surface area contributed by atoms with Crippen molar-refractivity contribution in [3.05, 3.63) is 94.5 Å². The number of hydrogen-bond acceptors (Lipinski definition) is 3. The van der Waals surface area contributed by atoms with Crippen molar-refractivity contribution in [1.29, 1.82) is 0 Å². The first-order valence-corrected chi connectivity index (χ1v) is 9.44. The van der Waals surface area contributed by atoms with Crippen molar-refractivity contribution in [1.82, 2.24) is 15.3 Å². The molecule has 6 nitrogen and oxygen atoms in total. The molecule has 0 spiro atoms. The quantitative estimate of drug-likeness (QED) is 0.441. The summed E-state index contributed by atoms with van der Waals surface area (Å²) in [5, 5.41) is 6.58. The Bertz CT molecular complexity index is 1240. The number of hydrogen-bond donors (Lipinski definition) is 3. The van der Waals surface area contributed by atoms with Crippen molar-refractivity contribution in [2.45, 2.75) is 6.54 Å². The molecule has 150 valence electrons. The van der Waals surface area contributed by atoms with Gasteiger partial charge in [0.05, 0.1) is 17.4 Å². The van der Waals surface area contributed by atoms with Crippen LogP contribution in [0.5, 0.6) is 0 Å². The third-order valence-electron chi connectivity index (χ3n) is 4.49. The van der Waals surface area contributed by atoms with Gasteiger partial charge in [-0.15, -0.1) is 0 Å². The van der Waals surface area contributed by atoms with E-state index in [0.717, 1.165) is 5.56 Å². The number of rotatable bonds is 5. The minimum atomic E-state index is -0.337. The van der Waals surface area contributed by atoms with E-state index in [9.17, 15) is 14.0 Å². The number of carbonyl (C=O) groups excluding carboxylic acids is 2. The summed E-state index contributed by atoms with van der Waals surface area (Å²) in [6.07, 6.45) is 3.06. The molecular weight excluding hydrogens is 407 g/mol. The van der Waals surface area contributed by atoms with Gasteiger partial charge in [0.25, 0.3) is 11.8 Å². The van der Waals surface area contributed by atoms with E-state index in [0.29, 0.717) is 32.9 Å². The summed E-state index contributed by atoms with van der Waals surface area (Å²) < 4.78 is 13.0. The molecule has 0 aliphatic heterocycles. The standard InChI is InChI=1S/C22H16ClFN4O2/c23-15-3-1-2-14(8-15)21(29)28-17-9-18-19(12-26-20(18)25-11-17)22(30)27-10-13-4-6-16(24)7-5-13/h1-9,11-12H,10H2,(H,25,26)(H,27,30)(H,28,29). The van der Waals surface area contributed by atoms with Gasteiger partial charge in [0.15, 0.2) is 0 Å². The predicted molar refractivity (Wildman–Crippen MR) is 113 cm³/mol. The SMILES string of the molecule is O=C(Nc1cnc2[nH]cc(C(=O)NCc3ccc(F)cc3)c2c1)c1cccc(Cl)c1. The highest BCUT2D eigenvalue weighted by Crippen LogP contribution is 2.21. The van der Waals surface area contributed by atoms with Gasteiger partial charge in [-0.05, 0) is 42.0 Å². The lowest BCUT2D eigenvalue weighted by Gasteiger charge is -2.07. The van der Waals surface area contributed by atoms with Crippen LogP contribution < -0.4 is 10.6 Å². The smallest absolute Gasteiger partial charge is 0.255 e. The number of anilines is 1. The molecule has 0 unspecified atom stereocenters. The molecule has 0 radical (unpaired) electrons. The average molecular weight is 423 g/mol. The maximum absolute atomic E-state index is 13.0. The van der Waals surface area contributed by atoms with Gasteiger partial charge in [0.2, 0.25) is 0 Å². The first-order valence-electron chi connectivity index (χ1n) is 9.06. The lowest BCUT2D eigenvalue weighted by Crippen LogP contribution is -2.22. The van der Waals surface area contributed by atoms with Gasteiger partial charge in [-0.25, -0.2) is 9.37 Å². The summed E-state index contributed by atoms with van der Waals surface area (Å²) in [5.41, 5.74) is 2.53. The molecule has 8 heteroatoms. The fourth-order valence-corrected chi connectivity index (χ4v) is 3.16. The summed E-state index contributed by atoms with van der Waals surface area (Å²) >= 11 is 5.93. The summed E-state index contributed by atoms with van der Waals surface area (Å²) in [6.45, 7) is 0.254. The summed E-state index contributed by atoms with van der Waals surface area (Å²) in [7, 11) is 0. The molecule has 2 aromatic heterocycles. The monoisotopic (exact) mass is 422 g/mol. The zero-order valence-electron chi connectivity index (χ0n) is 15.6. The van der Waals surface area contributed by atoms with E-state index in [4.69, 9.17) is 11.6 Å². The molecule has 2 aromatic carbocycles. The van der Waals surface area contributed by atoms with Crippen LogP contribution in [0.2, 0.25) is 5.02 Å². The highest BCUT2D eigenvalue weighted by Gasteiger charge is 2.14. The first-order chi connectivity index (χ1) is 14.5. The second-order valence-corrected chi connectivity index (χ2v) is 7.03. The maximum Gasteiger partial charge on any atom is 0.255 e. The van der Waals surface area contributed by atoms with E-state index in [1.54, 1.807) is 48.7 Å². The highest BCUT2D eigenvalue weighted by molar-refractivity contribution is 6.31. The number of nitrogens with zero attached hydrogens (tertiary/aromatic N) is 1. The Labute approximate surface area is 176 Å². The van der Waals surface area contributed by atoms with Crippen molar-refractivity contribution in [2.24, 2.45) is 0 Å². The van der Waals surface area contributed by atoms with Crippen molar-refractivity contribution >= 4 is 40.1 Å². The second-order valence-electron chi connectivity index (χ2n) is 6.60. The number of halogens is 2. The molecule has 30 heavy (non-hydrogen) atoms. The third kappa shape index (κ3) is 4.31. The van der Waals surface area contributed by atoms with Crippen LogP contribution in [0, 0.1) is 5.82 Å². The minimum absolute atomic E-state index is 0.254. The molecule has 0 atom stereocenters. The maximum atomic E-state index is 13.0. The van der Waals surface area contributed by atoms with Crippen LogP contribution in [-0.4, -0.2) is 21.8 Å². The average Bonchev–Trinajstić information content (AvgIpc) is 3.16. The van der Waals surface area contributed by atoms with Crippen LogP contribution in [0.3, 0.4) is 0 Å². The second kappa shape index (κ2) is 8.34. The Morgan fingerprint density at radius 2 is 1.87 bits per heavy atom. The largest absolute Gasteiger partial charge is 0.348 e. The van der Waals surface area contributed by atoms with Gasteiger partial charge < -0.3 is 15.6 Å². The van der Waals surface area contributed by atoms with Gasteiger partial charge in [0, 0.05) is 28.7 Å². The summed E-state index contributed by atoms with van der Waals surface area (Å²) in [4.78, 5) is 32.3. The molecule has 0 saturated carbocycles. The number of aromatic amines is 1. The molecule has 0 aliphatic carbocycles. The van der Waals surface area contributed by atoms with Crippen LogP contribution >= 0.6 is 11.6 Å². The predicted octanol–water partition coefficient (Wildman–Crippen LogP) is 4.54. The lowest BCUT2D eigenvalue weighted by molar-refractivity contribution is 0.0952. The number of benzene rings is 2. The number of carbonyl (C=O) groups is 2. The van der Waals surface area contributed by atoms with E-state index in [1.165, 1.54) is 18.3 Å². The third-order valence-corrected chi connectivity index (χ3v) is 4.72. The zero-order valence-corrected chi connectivity index (χ0v) is 16.3. The number of amides is 2. The normalized spacial score (nSPS) is 10.7. The van der Waals surface area contributed by atoms with Crippen molar-refractivity contribution in [2.75, 3.05) is 5.32 Å². The van der Waals surface area contributed by atoms with Crippen molar-refractivity contribution in [3.8, 4) is 0 Å². The van der Waals surface area contributed by atoms with Gasteiger partial charge >= 0.3 is 0 Å². The van der Waals surface area contributed by atoms with Gasteiger partial charge in [-0.3, -0.25) is 9.59 Å². The Morgan fingerprint density at radius 3 is 2.63 bits per heavy atom. The summed E-state index contributed by atoms with van der Waals surface area (Å²) in [6, 6.07) is 14.2. The molecule has 0 fully saturated rings. The fraction of sp³-hybridized carbons (Fsp3) is 0.0455. The molecule has 4 rings (SSSR count). The van der Waals surface area contributed by atoms with Gasteiger partial charge in [0.1, 0.15) is 11.5 Å². The van der Waals surface area contributed by atoms with Crippen LogP contribution in [-0.2, 0) is 6.54 Å². The summed E-state index contributed by atoms with van der Waals surface area (Å²) in [5.74, 6) is -0.984. The minimum Gasteiger partial charge on any atom is -0.348 e. The van der Waals surface area contributed by atoms with Crippen molar-refractivity contribution < 1.29 is 14.0 Å². The first kappa shape index (κ1) is 19.6. The molecule has 4 aromatic rings. The van der Waals surface area contributed by atoms with Crippen LogP contribution in [0.4, 0.5) is 10.1 Å². The zero-order chi connectivity index (χ0) is 21.1. The molecule has 0 aliphatic rings. The Morgan fingerprint density at radius 1 is 1.07 bits per heavy atom. The lowest BCUT2D eigenvalue weighted by atomic mass is 10.1. The molecule has 3 N–H and O–H groups in total. The van der Waals surface area contributed by atoms with E-state index < -0.39 is 0 Å². The van der Waals surface area contributed by atoms with Crippen LogP contribution in [0.25, 0.3) is 11.0 Å². The van der Waals surface area contributed by atoms with E-state index in [2.05, 4.69) is 20.6 Å². The van der Waals surface area contributed by atoms with Gasteiger partial charge in [-0.2, -0.15) is 0 Å². The molecule has 2 heterocycles. The highest BCUT2D eigenvalue weighted by atomic mass is 35.5.